The average Bonchev–Trinajstić information content (AvgIpc) is 3.00. The van der Waals surface area contributed by atoms with Gasteiger partial charge in [0.05, 0.1) is 12.3 Å². The third-order valence-corrected chi connectivity index (χ3v) is 4.31. The summed E-state index contributed by atoms with van der Waals surface area (Å²) < 4.78 is 24.6. The van der Waals surface area contributed by atoms with Crippen molar-refractivity contribution < 1.29 is 13.5 Å². The molecule has 0 bridgehead atoms. The minimum absolute atomic E-state index is 0.0739. The van der Waals surface area contributed by atoms with Gasteiger partial charge in [0.15, 0.2) is 0 Å². The van der Waals surface area contributed by atoms with Crippen molar-refractivity contribution in [3.63, 3.8) is 0 Å². The Hall–Kier alpha value is -2.11. The third-order valence-electron chi connectivity index (χ3n) is 4.31. The maximum Gasteiger partial charge on any atom is 0.444 e. The predicted molar refractivity (Wildman–Crippen MR) is 99.4 cm³/mol. The first kappa shape index (κ1) is 20.2. The molecule has 0 aliphatic heterocycles. The molecule has 0 saturated carbocycles. The molecule has 1 heterocycles. The molecule has 0 amide bonds. The van der Waals surface area contributed by atoms with E-state index < -0.39 is 11.6 Å². The van der Waals surface area contributed by atoms with Gasteiger partial charge < -0.3 is 9.15 Å². The van der Waals surface area contributed by atoms with Crippen LogP contribution in [0.15, 0.2) is 33.5 Å². The lowest BCUT2D eigenvalue weighted by Gasteiger charge is -2.02. The van der Waals surface area contributed by atoms with Crippen LogP contribution in [0.25, 0.3) is 5.69 Å². The molecule has 0 saturated heterocycles. The Balaban J connectivity index is 1.61. The Morgan fingerprint density at radius 1 is 1.04 bits per heavy atom. The number of rotatable bonds is 13. The summed E-state index contributed by atoms with van der Waals surface area (Å²) in [6.45, 7) is 2.69. The molecule has 2 rings (SSSR count). The molecule has 1 aromatic carbocycles. The van der Waals surface area contributed by atoms with Crippen LogP contribution in [0, 0.1) is 5.82 Å². The van der Waals surface area contributed by atoms with Gasteiger partial charge in [-0.2, -0.15) is 4.68 Å². The highest BCUT2D eigenvalue weighted by molar-refractivity contribution is 5.30. The fourth-order valence-corrected chi connectivity index (χ4v) is 2.84. The van der Waals surface area contributed by atoms with E-state index in [1.54, 1.807) is 6.07 Å². The zero-order valence-electron chi connectivity index (χ0n) is 15.6. The summed E-state index contributed by atoms with van der Waals surface area (Å²) in [5, 5.41) is 3.95. The van der Waals surface area contributed by atoms with E-state index in [4.69, 9.17) is 9.15 Å². The second-order valence-corrected chi connectivity index (χ2v) is 6.56. The molecule has 1 aromatic heterocycles. The van der Waals surface area contributed by atoms with Crippen molar-refractivity contribution in [2.75, 3.05) is 6.61 Å². The fraction of sp³-hybridized carbons (Fsp3) is 0.600. The van der Waals surface area contributed by atoms with Crippen LogP contribution in [0.5, 0.6) is 6.08 Å². The zero-order valence-corrected chi connectivity index (χ0v) is 15.6. The number of aromatic nitrogens is 2. The van der Waals surface area contributed by atoms with Crippen LogP contribution in [-0.4, -0.2) is 16.4 Å². The van der Waals surface area contributed by atoms with E-state index in [1.807, 2.05) is 0 Å². The maximum atomic E-state index is 13.2. The Kier molecular flexibility index (Phi) is 8.93. The van der Waals surface area contributed by atoms with Gasteiger partial charge >= 0.3 is 11.8 Å². The average molecular weight is 364 g/mol. The molecule has 6 heteroatoms. The quantitative estimate of drug-likeness (QED) is 0.455. The standard InChI is InChI=1S/C20H29FN2O3/c1-2-3-4-5-6-7-8-9-10-11-15-25-19-22-23(20(24)26-19)18-14-12-13-17(21)16-18/h12-14,16H,2-11,15H2,1H3. The summed E-state index contributed by atoms with van der Waals surface area (Å²) in [7, 11) is 0. The summed E-state index contributed by atoms with van der Waals surface area (Å²) in [5.74, 6) is -1.13. The Morgan fingerprint density at radius 3 is 2.35 bits per heavy atom. The first-order valence-electron chi connectivity index (χ1n) is 9.69. The lowest BCUT2D eigenvalue weighted by atomic mass is 10.1. The van der Waals surface area contributed by atoms with Crippen LogP contribution in [0.3, 0.4) is 0 Å². The van der Waals surface area contributed by atoms with Crippen molar-refractivity contribution in [1.29, 1.82) is 0 Å². The smallest absolute Gasteiger partial charge is 0.444 e. The van der Waals surface area contributed by atoms with Crippen LogP contribution in [0.1, 0.15) is 71.1 Å². The molecule has 0 radical (unpaired) electrons. The summed E-state index contributed by atoms with van der Waals surface area (Å²) in [5.41, 5.74) is 0.313. The minimum Gasteiger partial charge on any atom is -0.449 e. The highest BCUT2D eigenvalue weighted by Gasteiger charge is 2.11. The topological polar surface area (TPSA) is 57.3 Å². The maximum absolute atomic E-state index is 13.2. The van der Waals surface area contributed by atoms with E-state index in [1.165, 1.54) is 69.6 Å². The van der Waals surface area contributed by atoms with Gasteiger partial charge in [-0.25, -0.2) is 9.18 Å². The summed E-state index contributed by atoms with van der Waals surface area (Å²) in [6.07, 6.45) is 12.3. The van der Waals surface area contributed by atoms with E-state index in [2.05, 4.69) is 12.0 Å². The van der Waals surface area contributed by atoms with E-state index in [-0.39, 0.29) is 6.08 Å². The highest BCUT2D eigenvalue weighted by atomic mass is 19.1. The number of halogens is 1. The predicted octanol–water partition coefficient (Wildman–Crippen LogP) is 5.26. The van der Waals surface area contributed by atoms with E-state index in [0.29, 0.717) is 12.3 Å². The highest BCUT2D eigenvalue weighted by Crippen LogP contribution is 2.12. The van der Waals surface area contributed by atoms with Crippen LogP contribution < -0.4 is 10.5 Å². The van der Waals surface area contributed by atoms with E-state index in [9.17, 15) is 9.18 Å². The Labute approximate surface area is 154 Å². The van der Waals surface area contributed by atoms with Crippen molar-refractivity contribution in [2.24, 2.45) is 0 Å². The lowest BCUT2D eigenvalue weighted by Crippen LogP contribution is -2.13. The number of benzene rings is 1. The molecule has 144 valence electrons. The van der Waals surface area contributed by atoms with Crippen molar-refractivity contribution in [1.82, 2.24) is 9.78 Å². The van der Waals surface area contributed by atoms with Crippen molar-refractivity contribution in [2.45, 2.75) is 71.1 Å². The van der Waals surface area contributed by atoms with Gasteiger partial charge in [-0.1, -0.05) is 75.9 Å². The molecule has 0 aliphatic rings. The molecule has 0 atom stereocenters. The second-order valence-electron chi connectivity index (χ2n) is 6.56. The van der Waals surface area contributed by atoms with Gasteiger partial charge in [-0.3, -0.25) is 0 Å². The van der Waals surface area contributed by atoms with Crippen LogP contribution in [-0.2, 0) is 0 Å². The first-order chi connectivity index (χ1) is 12.7. The molecule has 0 fully saturated rings. The van der Waals surface area contributed by atoms with Gasteiger partial charge in [0, 0.05) is 0 Å². The van der Waals surface area contributed by atoms with Gasteiger partial charge in [0.1, 0.15) is 5.82 Å². The normalized spacial score (nSPS) is 11.0. The van der Waals surface area contributed by atoms with Gasteiger partial charge in [-0.15, -0.1) is 0 Å². The van der Waals surface area contributed by atoms with Crippen molar-refractivity contribution in [3.8, 4) is 11.8 Å². The first-order valence-corrected chi connectivity index (χ1v) is 9.69. The summed E-state index contributed by atoms with van der Waals surface area (Å²) in [6, 6.07) is 5.61. The molecule has 5 nitrogen and oxygen atoms in total. The van der Waals surface area contributed by atoms with Gasteiger partial charge in [-0.05, 0) is 24.6 Å². The molecular formula is C20H29FN2O3. The second kappa shape index (κ2) is 11.5. The van der Waals surface area contributed by atoms with Crippen molar-refractivity contribution >= 4 is 0 Å². The van der Waals surface area contributed by atoms with Crippen molar-refractivity contribution in [3.05, 3.63) is 40.6 Å². The molecule has 0 aliphatic carbocycles. The SMILES string of the molecule is CCCCCCCCCCCCOc1nn(-c2cccc(F)c2)c(=O)o1. The van der Waals surface area contributed by atoms with Crippen LogP contribution >= 0.6 is 0 Å². The van der Waals surface area contributed by atoms with E-state index in [0.717, 1.165) is 17.5 Å². The molecule has 26 heavy (non-hydrogen) atoms. The van der Waals surface area contributed by atoms with Gasteiger partial charge in [0.25, 0.3) is 0 Å². The fourth-order valence-electron chi connectivity index (χ4n) is 2.84. The summed E-state index contributed by atoms with van der Waals surface area (Å²) in [4.78, 5) is 11.8. The number of hydrogen-bond acceptors (Lipinski definition) is 4. The Bertz CT molecular complexity index is 696. The number of nitrogens with zero attached hydrogens (tertiary/aromatic N) is 2. The largest absolute Gasteiger partial charge is 0.449 e. The molecule has 2 aromatic rings. The third kappa shape index (κ3) is 7.02. The number of unbranched alkanes of at least 4 members (excludes halogenated alkanes) is 9. The molecule has 0 unspecified atom stereocenters. The number of ether oxygens (including phenoxy) is 1. The van der Waals surface area contributed by atoms with Gasteiger partial charge in [0.2, 0.25) is 0 Å². The van der Waals surface area contributed by atoms with Crippen LogP contribution in [0.2, 0.25) is 0 Å². The minimum atomic E-state index is -0.686. The lowest BCUT2D eigenvalue weighted by molar-refractivity contribution is 0.219. The Morgan fingerprint density at radius 2 is 1.69 bits per heavy atom. The molecular weight excluding hydrogens is 335 g/mol. The van der Waals surface area contributed by atoms with E-state index >= 15 is 0 Å². The van der Waals surface area contributed by atoms with Crippen LogP contribution in [0.4, 0.5) is 4.39 Å². The number of hydrogen-bond donors (Lipinski definition) is 0. The zero-order chi connectivity index (χ0) is 18.6. The molecule has 0 spiro atoms. The monoisotopic (exact) mass is 364 g/mol. The molecule has 0 N–H and O–H groups in total. The summed E-state index contributed by atoms with van der Waals surface area (Å²) >= 11 is 0.